The minimum absolute atomic E-state index is 0.00175. The fourth-order valence-electron chi connectivity index (χ4n) is 3.56. The van der Waals surface area contributed by atoms with Gasteiger partial charge in [-0.25, -0.2) is 0 Å². The fraction of sp³-hybridized carbons (Fsp3) is 0.500. The maximum Gasteiger partial charge on any atom is 0.299 e. The van der Waals surface area contributed by atoms with Crippen LogP contribution in [0.4, 0.5) is 0 Å². The average molecular weight is 282 g/mol. The van der Waals surface area contributed by atoms with Crippen LogP contribution in [0.5, 0.6) is 0 Å². The van der Waals surface area contributed by atoms with Crippen LogP contribution < -0.4 is 0 Å². The van der Waals surface area contributed by atoms with Crippen LogP contribution in [0.15, 0.2) is 30.3 Å². The van der Waals surface area contributed by atoms with E-state index in [1.807, 2.05) is 35.2 Å². The zero-order valence-corrected chi connectivity index (χ0v) is 12.6. The fourth-order valence-corrected chi connectivity index (χ4v) is 3.56. The van der Waals surface area contributed by atoms with Gasteiger partial charge in [0.25, 0.3) is 5.91 Å². The van der Waals surface area contributed by atoms with Gasteiger partial charge in [-0.2, -0.15) is 0 Å². The number of nitrogens with zero attached hydrogens (tertiary/aromatic N) is 2. The van der Waals surface area contributed by atoms with Crippen molar-refractivity contribution in [1.29, 1.82) is 0 Å². The van der Waals surface area contributed by atoms with Crippen molar-refractivity contribution in [1.82, 2.24) is 9.80 Å². The third kappa shape index (κ3) is 3.28. The Morgan fingerprint density at radius 1 is 1.19 bits per heavy atom. The lowest BCUT2D eigenvalue weighted by Crippen LogP contribution is -2.54. The molecule has 2 aliphatic heterocycles. The van der Waals surface area contributed by atoms with Gasteiger partial charge in [-0.05, 0) is 50.9 Å². The molecular formula is C18H22N2O. The lowest BCUT2D eigenvalue weighted by atomic mass is 9.84. The van der Waals surface area contributed by atoms with Crippen LogP contribution in [-0.2, 0) is 4.79 Å². The van der Waals surface area contributed by atoms with Crippen LogP contribution in [0, 0.1) is 17.8 Å². The van der Waals surface area contributed by atoms with Crippen LogP contribution in [0.3, 0.4) is 0 Å². The van der Waals surface area contributed by atoms with E-state index in [1.165, 1.54) is 6.42 Å². The number of benzene rings is 1. The van der Waals surface area contributed by atoms with Crippen molar-refractivity contribution < 1.29 is 4.79 Å². The molecule has 0 aliphatic carbocycles. The van der Waals surface area contributed by atoms with E-state index < -0.39 is 0 Å². The van der Waals surface area contributed by atoms with Crippen molar-refractivity contribution in [2.75, 3.05) is 26.7 Å². The van der Waals surface area contributed by atoms with Crippen molar-refractivity contribution in [3.63, 3.8) is 0 Å². The topological polar surface area (TPSA) is 23.6 Å². The van der Waals surface area contributed by atoms with Crippen LogP contribution >= 0.6 is 0 Å². The smallest absolute Gasteiger partial charge is 0.299 e. The normalized spacial score (nSPS) is 25.7. The van der Waals surface area contributed by atoms with Crippen LogP contribution in [0.25, 0.3) is 0 Å². The van der Waals surface area contributed by atoms with Crippen molar-refractivity contribution >= 4 is 5.91 Å². The first-order valence-electron chi connectivity index (χ1n) is 7.80. The zero-order chi connectivity index (χ0) is 14.7. The molecule has 2 atom stereocenters. The predicted molar refractivity (Wildman–Crippen MR) is 83.7 cm³/mol. The van der Waals surface area contributed by atoms with Crippen molar-refractivity contribution in [3.8, 4) is 11.8 Å². The Morgan fingerprint density at radius 3 is 2.81 bits per heavy atom. The number of hydrogen-bond donors (Lipinski definition) is 0. The summed E-state index contributed by atoms with van der Waals surface area (Å²) < 4.78 is 0. The highest BCUT2D eigenvalue weighted by Gasteiger charge is 2.36. The summed E-state index contributed by atoms with van der Waals surface area (Å²) >= 11 is 0. The number of piperidine rings is 2. The van der Waals surface area contributed by atoms with Gasteiger partial charge in [-0.15, -0.1) is 0 Å². The second-order valence-corrected chi connectivity index (χ2v) is 6.14. The summed E-state index contributed by atoms with van der Waals surface area (Å²) in [6.07, 6.45) is 3.43. The molecule has 21 heavy (non-hydrogen) atoms. The molecule has 2 heterocycles. The summed E-state index contributed by atoms with van der Waals surface area (Å²) in [6.45, 7) is 3.06. The minimum Gasteiger partial charge on any atom is -0.329 e. The summed E-state index contributed by atoms with van der Waals surface area (Å²) in [5.74, 6) is 6.45. The number of hydrogen-bond acceptors (Lipinski definition) is 2. The van der Waals surface area contributed by atoms with E-state index in [9.17, 15) is 4.79 Å². The van der Waals surface area contributed by atoms with Crippen LogP contribution in [0.2, 0.25) is 0 Å². The molecule has 3 nitrogen and oxygen atoms in total. The maximum atomic E-state index is 12.4. The molecule has 2 fully saturated rings. The van der Waals surface area contributed by atoms with Crippen molar-refractivity contribution in [3.05, 3.63) is 35.9 Å². The van der Waals surface area contributed by atoms with E-state index in [-0.39, 0.29) is 5.91 Å². The lowest BCUT2D eigenvalue weighted by Gasteiger charge is -2.45. The van der Waals surface area contributed by atoms with Gasteiger partial charge in [-0.3, -0.25) is 4.79 Å². The monoisotopic (exact) mass is 282 g/mol. The molecule has 2 saturated heterocycles. The van der Waals surface area contributed by atoms with E-state index in [0.29, 0.717) is 12.0 Å². The molecule has 0 bridgehead atoms. The Labute approximate surface area is 126 Å². The lowest BCUT2D eigenvalue weighted by molar-refractivity contribution is -0.131. The van der Waals surface area contributed by atoms with E-state index in [1.54, 1.807) is 0 Å². The highest BCUT2D eigenvalue weighted by Crippen LogP contribution is 2.29. The summed E-state index contributed by atoms with van der Waals surface area (Å²) in [4.78, 5) is 16.9. The molecule has 0 unspecified atom stereocenters. The van der Waals surface area contributed by atoms with Crippen LogP contribution in [-0.4, -0.2) is 48.4 Å². The standard InChI is InChI=1S/C18H22N2O/c1-19-13-11-17-16(14-19)8-5-12-20(17)18(21)10-9-15-6-3-2-4-7-15/h2-4,6-7,16-17H,5,8,11-14H2,1H3/t16-,17+/m0/s1. The second kappa shape index (κ2) is 6.32. The minimum atomic E-state index is -0.00175. The average Bonchev–Trinajstić information content (AvgIpc) is 2.52. The number of carbonyl (C=O) groups excluding carboxylic acids is 1. The molecule has 1 amide bonds. The SMILES string of the molecule is CN1CC[C@@H]2[C@@H](CCCN2C(=O)C#Cc2ccccc2)C1. The first-order chi connectivity index (χ1) is 10.2. The summed E-state index contributed by atoms with van der Waals surface area (Å²) in [5.41, 5.74) is 0.905. The maximum absolute atomic E-state index is 12.4. The number of rotatable bonds is 0. The molecule has 0 saturated carbocycles. The number of carbonyl (C=O) groups is 1. The first-order valence-corrected chi connectivity index (χ1v) is 7.80. The molecule has 1 aromatic carbocycles. The zero-order valence-electron chi connectivity index (χ0n) is 12.6. The van der Waals surface area contributed by atoms with Gasteiger partial charge < -0.3 is 9.80 Å². The van der Waals surface area contributed by atoms with Gasteiger partial charge >= 0.3 is 0 Å². The van der Waals surface area contributed by atoms with Gasteiger partial charge in [0.15, 0.2) is 0 Å². The van der Waals surface area contributed by atoms with Gasteiger partial charge in [0.05, 0.1) is 0 Å². The number of amides is 1. The van der Waals surface area contributed by atoms with E-state index in [0.717, 1.165) is 38.0 Å². The molecule has 3 heteroatoms. The number of likely N-dealkylation sites (tertiary alicyclic amines) is 2. The molecule has 0 N–H and O–H groups in total. The summed E-state index contributed by atoms with van der Waals surface area (Å²) in [6, 6.07) is 10.1. The molecule has 110 valence electrons. The quantitative estimate of drug-likeness (QED) is 0.679. The number of fused-ring (bicyclic) bond motifs is 1. The Kier molecular flexibility index (Phi) is 4.26. The highest BCUT2D eigenvalue weighted by molar-refractivity contribution is 5.94. The predicted octanol–water partition coefficient (Wildman–Crippen LogP) is 1.98. The molecule has 0 aromatic heterocycles. The third-order valence-corrected chi connectivity index (χ3v) is 4.62. The van der Waals surface area contributed by atoms with E-state index >= 15 is 0 Å². The molecule has 0 spiro atoms. The van der Waals surface area contributed by atoms with Gasteiger partial charge in [-0.1, -0.05) is 24.1 Å². The van der Waals surface area contributed by atoms with Crippen molar-refractivity contribution in [2.24, 2.45) is 5.92 Å². The Hall–Kier alpha value is -1.79. The first kappa shape index (κ1) is 14.2. The van der Waals surface area contributed by atoms with Gasteiger partial charge in [0, 0.05) is 30.6 Å². The molecular weight excluding hydrogens is 260 g/mol. The van der Waals surface area contributed by atoms with E-state index in [2.05, 4.69) is 23.8 Å². The molecule has 3 rings (SSSR count). The summed E-state index contributed by atoms with van der Waals surface area (Å²) in [5, 5.41) is 0. The van der Waals surface area contributed by atoms with Gasteiger partial charge in [0.2, 0.25) is 0 Å². The van der Waals surface area contributed by atoms with Crippen molar-refractivity contribution in [2.45, 2.75) is 25.3 Å². The van der Waals surface area contributed by atoms with E-state index in [4.69, 9.17) is 0 Å². The Balaban J connectivity index is 1.71. The second-order valence-electron chi connectivity index (χ2n) is 6.14. The molecule has 2 aliphatic rings. The summed E-state index contributed by atoms with van der Waals surface area (Å²) in [7, 11) is 2.17. The van der Waals surface area contributed by atoms with Gasteiger partial charge in [0.1, 0.15) is 0 Å². The largest absolute Gasteiger partial charge is 0.329 e. The highest BCUT2D eigenvalue weighted by atomic mass is 16.2. The van der Waals surface area contributed by atoms with Crippen LogP contribution in [0.1, 0.15) is 24.8 Å². The Bertz CT molecular complexity index is 558. The molecule has 1 aromatic rings. The molecule has 0 radical (unpaired) electrons. The Morgan fingerprint density at radius 2 is 2.00 bits per heavy atom. The third-order valence-electron chi connectivity index (χ3n) is 4.62.